The highest BCUT2D eigenvalue weighted by Crippen LogP contribution is 2.15. The van der Waals surface area contributed by atoms with Crippen LogP contribution in [0.2, 0.25) is 5.02 Å². The maximum absolute atomic E-state index is 12.4. The molecule has 0 saturated carbocycles. The summed E-state index contributed by atoms with van der Waals surface area (Å²) in [6.07, 6.45) is 1.56. The average Bonchev–Trinajstić information content (AvgIpc) is 2.60. The van der Waals surface area contributed by atoms with E-state index in [0.717, 1.165) is 5.56 Å². The molecule has 2 rings (SSSR count). The van der Waals surface area contributed by atoms with E-state index >= 15 is 0 Å². The zero-order chi connectivity index (χ0) is 17.4. The van der Waals surface area contributed by atoms with E-state index in [1.807, 2.05) is 18.2 Å². The van der Waals surface area contributed by atoms with Gasteiger partial charge in [-0.1, -0.05) is 54.1 Å². The maximum Gasteiger partial charge on any atom is 0.267 e. The first kappa shape index (κ1) is 17.7. The van der Waals surface area contributed by atoms with E-state index in [4.69, 9.17) is 16.7 Å². The van der Waals surface area contributed by atoms with E-state index in [1.165, 1.54) is 0 Å². The highest BCUT2D eigenvalue weighted by atomic mass is 35.5. The van der Waals surface area contributed by atoms with Crippen molar-refractivity contribution in [3.05, 3.63) is 76.4 Å². The van der Waals surface area contributed by atoms with Crippen molar-refractivity contribution in [2.24, 2.45) is 0 Å². The zero-order valence-electron chi connectivity index (χ0n) is 12.8. The van der Waals surface area contributed by atoms with E-state index in [-0.39, 0.29) is 24.4 Å². The minimum Gasteiger partial charge on any atom is -0.395 e. The lowest BCUT2D eigenvalue weighted by Gasteiger charge is -2.11. The summed E-state index contributed by atoms with van der Waals surface area (Å²) in [5.74, 6) is -0.977. The minimum absolute atomic E-state index is 0.0690. The van der Waals surface area contributed by atoms with Gasteiger partial charge in [-0.05, 0) is 23.8 Å². The van der Waals surface area contributed by atoms with Crippen LogP contribution in [0.4, 0.5) is 0 Å². The van der Waals surface area contributed by atoms with Crippen molar-refractivity contribution >= 4 is 29.5 Å². The second-order valence-corrected chi connectivity index (χ2v) is 5.29. The third kappa shape index (κ3) is 4.94. The lowest BCUT2D eigenvalue weighted by atomic mass is 10.1. The molecule has 2 aromatic rings. The molecule has 0 radical (unpaired) electrons. The number of carbonyl (C=O) groups excluding carboxylic acids is 2. The highest BCUT2D eigenvalue weighted by molar-refractivity contribution is 6.34. The number of benzene rings is 2. The van der Waals surface area contributed by atoms with Gasteiger partial charge in [0.05, 0.1) is 17.2 Å². The number of hydrogen-bond acceptors (Lipinski definition) is 3. The molecule has 0 aliphatic carbocycles. The van der Waals surface area contributed by atoms with Crippen LogP contribution in [0.25, 0.3) is 6.08 Å². The Hall–Kier alpha value is -2.63. The summed E-state index contributed by atoms with van der Waals surface area (Å²) in [6.45, 7) is -0.101. The van der Waals surface area contributed by atoms with Gasteiger partial charge in [-0.25, -0.2) is 0 Å². The Balaban J connectivity index is 2.26. The molecule has 0 heterocycles. The molecule has 2 amide bonds. The third-order valence-corrected chi connectivity index (χ3v) is 3.45. The Morgan fingerprint density at radius 3 is 2.38 bits per heavy atom. The van der Waals surface area contributed by atoms with Crippen molar-refractivity contribution in [3.8, 4) is 0 Å². The molecule has 6 heteroatoms. The molecular weight excluding hydrogens is 328 g/mol. The third-order valence-electron chi connectivity index (χ3n) is 3.12. The lowest BCUT2D eigenvalue weighted by Crippen LogP contribution is -2.36. The van der Waals surface area contributed by atoms with Gasteiger partial charge < -0.3 is 15.7 Å². The Labute approximate surface area is 145 Å². The number of amides is 2. The number of carbonyl (C=O) groups is 2. The quantitative estimate of drug-likeness (QED) is 0.703. The lowest BCUT2D eigenvalue weighted by molar-refractivity contribution is -0.117. The first-order chi connectivity index (χ1) is 11.6. The van der Waals surface area contributed by atoms with Crippen LogP contribution in [0.5, 0.6) is 0 Å². The van der Waals surface area contributed by atoms with Gasteiger partial charge in [-0.3, -0.25) is 9.59 Å². The summed E-state index contributed by atoms with van der Waals surface area (Å²) in [5, 5.41) is 14.2. The van der Waals surface area contributed by atoms with Crippen LogP contribution in [-0.2, 0) is 4.79 Å². The molecule has 0 aliphatic heterocycles. The van der Waals surface area contributed by atoms with Crippen LogP contribution >= 0.6 is 11.6 Å². The van der Waals surface area contributed by atoms with E-state index in [1.54, 1.807) is 42.5 Å². The number of aliphatic hydroxyl groups excluding tert-OH is 1. The van der Waals surface area contributed by atoms with Crippen LogP contribution in [-0.4, -0.2) is 30.1 Å². The maximum atomic E-state index is 12.4. The highest BCUT2D eigenvalue weighted by Gasteiger charge is 2.16. The molecule has 0 unspecified atom stereocenters. The smallest absolute Gasteiger partial charge is 0.267 e. The first-order valence-electron chi connectivity index (χ1n) is 7.33. The molecular formula is C18H17ClN2O3. The topological polar surface area (TPSA) is 78.4 Å². The van der Waals surface area contributed by atoms with Crippen LogP contribution in [0, 0.1) is 0 Å². The molecule has 0 fully saturated rings. The van der Waals surface area contributed by atoms with Crippen LogP contribution < -0.4 is 10.6 Å². The molecule has 0 aromatic heterocycles. The normalized spacial score (nSPS) is 11.0. The molecule has 24 heavy (non-hydrogen) atoms. The van der Waals surface area contributed by atoms with Crippen LogP contribution in [0.1, 0.15) is 15.9 Å². The van der Waals surface area contributed by atoms with Gasteiger partial charge in [0.15, 0.2) is 0 Å². The summed E-state index contributed by atoms with van der Waals surface area (Å²) in [5.41, 5.74) is 1.10. The summed E-state index contributed by atoms with van der Waals surface area (Å²) in [6, 6.07) is 15.7. The van der Waals surface area contributed by atoms with Crippen LogP contribution in [0.3, 0.4) is 0 Å². The summed E-state index contributed by atoms with van der Waals surface area (Å²) in [4.78, 5) is 24.6. The van der Waals surface area contributed by atoms with Crippen molar-refractivity contribution in [3.63, 3.8) is 0 Å². The Bertz CT molecular complexity index is 745. The Morgan fingerprint density at radius 1 is 1.04 bits per heavy atom. The Kier molecular flexibility index (Phi) is 6.54. The van der Waals surface area contributed by atoms with E-state index in [2.05, 4.69) is 10.6 Å². The van der Waals surface area contributed by atoms with E-state index in [0.29, 0.717) is 5.02 Å². The molecule has 0 saturated heterocycles. The predicted molar refractivity (Wildman–Crippen MR) is 93.4 cm³/mol. The van der Waals surface area contributed by atoms with Crippen molar-refractivity contribution in [2.75, 3.05) is 13.2 Å². The van der Waals surface area contributed by atoms with Crippen LogP contribution in [0.15, 0.2) is 60.3 Å². The molecule has 0 bridgehead atoms. The summed E-state index contributed by atoms with van der Waals surface area (Å²) < 4.78 is 0. The molecule has 0 atom stereocenters. The van der Waals surface area contributed by atoms with E-state index < -0.39 is 11.8 Å². The molecule has 2 aromatic carbocycles. The van der Waals surface area contributed by atoms with Crippen molar-refractivity contribution in [1.82, 2.24) is 10.6 Å². The SMILES string of the molecule is O=C(NCCO)C(=Cc1ccccc1)NC(=O)c1ccccc1Cl. The molecule has 5 nitrogen and oxygen atoms in total. The first-order valence-corrected chi connectivity index (χ1v) is 7.71. The van der Waals surface area contributed by atoms with Gasteiger partial charge >= 0.3 is 0 Å². The minimum atomic E-state index is -0.492. The fraction of sp³-hybridized carbons (Fsp3) is 0.111. The van der Waals surface area contributed by atoms with Crippen molar-refractivity contribution in [2.45, 2.75) is 0 Å². The van der Waals surface area contributed by atoms with E-state index in [9.17, 15) is 9.59 Å². The number of halogens is 1. The average molecular weight is 345 g/mol. The van der Waals surface area contributed by atoms with Gasteiger partial charge in [0.1, 0.15) is 5.70 Å². The van der Waals surface area contributed by atoms with Gasteiger partial charge in [0.2, 0.25) is 0 Å². The largest absolute Gasteiger partial charge is 0.395 e. The van der Waals surface area contributed by atoms with Crippen molar-refractivity contribution < 1.29 is 14.7 Å². The summed E-state index contributed by atoms with van der Waals surface area (Å²) >= 11 is 6.01. The standard InChI is InChI=1S/C18H17ClN2O3/c19-15-9-5-4-8-14(15)17(23)21-16(18(24)20-10-11-22)12-13-6-2-1-3-7-13/h1-9,12,22H,10-11H2,(H,20,24)(H,21,23). The van der Waals surface area contributed by atoms with Gasteiger partial charge in [0.25, 0.3) is 11.8 Å². The second kappa shape index (κ2) is 8.86. The van der Waals surface area contributed by atoms with Gasteiger partial charge in [-0.2, -0.15) is 0 Å². The van der Waals surface area contributed by atoms with Gasteiger partial charge in [0, 0.05) is 6.54 Å². The Morgan fingerprint density at radius 2 is 1.71 bits per heavy atom. The number of nitrogens with one attached hydrogen (secondary N) is 2. The molecule has 0 spiro atoms. The second-order valence-electron chi connectivity index (χ2n) is 4.88. The number of aliphatic hydroxyl groups is 1. The van der Waals surface area contributed by atoms with Gasteiger partial charge in [-0.15, -0.1) is 0 Å². The molecule has 0 aliphatic rings. The fourth-order valence-electron chi connectivity index (χ4n) is 1.97. The number of rotatable bonds is 6. The monoisotopic (exact) mass is 344 g/mol. The summed E-state index contributed by atoms with van der Waals surface area (Å²) in [7, 11) is 0. The van der Waals surface area contributed by atoms with Crippen molar-refractivity contribution in [1.29, 1.82) is 0 Å². The number of hydrogen-bond donors (Lipinski definition) is 3. The molecule has 3 N–H and O–H groups in total. The fourth-order valence-corrected chi connectivity index (χ4v) is 2.20. The predicted octanol–water partition coefficient (Wildman–Crippen LogP) is 2.22. The zero-order valence-corrected chi connectivity index (χ0v) is 13.6. The molecule has 124 valence electrons.